The van der Waals surface area contributed by atoms with Crippen LogP contribution in [0.3, 0.4) is 0 Å². The van der Waals surface area contributed by atoms with Gasteiger partial charge in [0.25, 0.3) is 0 Å². The molecule has 0 fully saturated rings. The average Bonchev–Trinajstić information content (AvgIpc) is 2.46. The molecule has 0 aromatic heterocycles. The maximum atomic E-state index is 12.4. The summed E-state index contributed by atoms with van der Waals surface area (Å²) in [4.78, 5) is 10.7. The van der Waals surface area contributed by atoms with E-state index in [9.17, 15) is 18.0 Å². The Morgan fingerprint density at radius 2 is 1.33 bits per heavy atom. The van der Waals surface area contributed by atoms with E-state index in [4.69, 9.17) is 10.2 Å². The Labute approximate surface area is 118 Å². The van der Waals surface area contributed by atoms with E-state index in [0.717, 1.165) is 0 Å². The average molecular weight is 296 g/mol. The molecule has 6 heteroatoms. The molecule has 21 heavy (non-hydrogen) atoms. The highest BCUT2D eigenvalue weighted by Gasteiger charge is 2.39. The summed E-state index contributed by atoms with van der Waals surface area (Å²) < 4.78 is 37.1. The Kier molecular flexibility index (Phi) is 3.99. The van der Waals surface area contributed by atoms with Gasteiger partial charge >= 0.3 is 12.1 Å². The number of halogens is 3. The standard InChI is InChI=1S/C15H11F3O3/c16-15(17,18)13(19)11-5-1-9(2-6-11)10-3-7-12(8-4-10)14(20)21/h1-8,13,19H,(H,20,21)/t13-/m1/s1. The lowest BCUT2D eigenvalue weighted by atomic mass is 10.0. The van der Waals surface area contributed by atoms with Crippen LogP contribution in [0.4, 0.5) is 13.2 Å². The molecular formula is C15H11F3O3. The Morgan fingerprint density at radius 3 is 1.71 bits per heavy atom. The van der Waals surface area contributed by atoms with E-state index < -0.39 is 18.2 Å². The van der Waals surface area contributed by atoms with Crippen molar-refractivity contribution in [2.24, 2.45) is 0 Å². The predicted octanol–water partition coefficient (Wildman–Crippen LogP) is 3.65. The van der Waals surface area contributed by atoms with Crippen LogP contribution < -0.4 is 0 Å². The third kappa shape index (κ3) is 3.41. The lowest BCUT2D eigenvalue weighted by molar-refractivity contribution is -0.206. The van der Waals surface area contributed by atoms with Gasteiger partial charge in [-0.25, -0.2) is 4.79 Å². The monoisotopic (exact) mass is 296 g/mol. The van der Waals surface area contributed by atoms with Gasteiger partial charge in [0.2, 0.25) is 0 Å². The number of carbonyl (C=O) groups is 1. The number of carboxylic acids is 1. The van der Waals surface area contributed by atoms with Crippen molar-refractivity contribution in [3.8, 4) is 11.1 Å². The van der Waals surface area contributed by atoms with Crippen LogP contribution in [-0.4, -0.2) is 22.4 Å². The van der Waals surface area contributed by atoms with Gasteiger partial charge in [-0.05, 0) is 28.8 Å². The van der Waals surface area contributed by atoms with Crippen molar-refractivity contribution < 1.29 is 28.2 Å². The zero-order valence-corrected chi connectivity index (χ0v) is 10.6. The molecule has 110 valence electrons. The molecule has 0 aliphatic heterocycles. The van der Waals surface area contributed by atoms with Crippen molar-refractivity contribution in [3.63, 3.8) is 0 Å². The topological polar surface area (TPSA) is 57.5 Å². The number of aliphatic hydroxyl groups excluding tert-OH is 1. The smallest absolute Gasteiger partial charge is 0.418 e. The van der Waals surface area contributed by atoms with Crippen molar-refractivity contribution in [2.75, 3.05) is 0 Å². The number of alkyl halides is 3. The number of hydrogen-bond acceptors (Lipinski definition) is 2. The first kappa shape index (κ1) is 15.1. The molecule has 0 unspecified atom stereocenters. The fraction of sp³-hybridized carbons (Fsp3) is 0.133. The third-order valence-corrected chi connectivity index (χ3v) is 3.00. The van der Waals surface area contributed by atoms with Gasteiger partial charge in [0, 0.05) is 0 Å². The number of benzene rings is 2. The highest BCUT2D eigenvalue weighted by atomic mass is 19.4. The predicted molar refractivity (Wildman–Crippen MR) is 69.9 cm³/mol. The van der Waals surface area contributed by atoms with Crippen LogP contribution in [0.1, 0.15) is 22.0 Å². The molecule has 0 heterocycles. The van der Waals surface area contributed by atoms with Crippen LogP contribution in [0.25, 0.3) is 11.1 Å². The molecule has 1 atom stereocenters. The van der Waals surface area contributed by atoms with E-state index in [1.165, 1.54) is 36.4 Å². The van der Waals surface area contributed by atoms with E-state index in [2.05, 4.69) is 0 Å². The van der Waals surface area contributed by atoms with Gasteiger partial charge < -0.3 is 10.2 Å². The van der Waals surface area contributed by atoms with Crippen molar-refractivity contribution in [3.05, 3.63) is 59.7 Å². The molecule has 0 aliphatic rings. The van der Waals surface area contributed by atoms with Crippen LogP contribution >= 0.6 is 0 Å². The van der Waals surface area contributed by atoms with Crippen molar-refractivity contribution >= 4 is 5.97 Å². The van der Waals surface area contributed by atoms with Gasteiger partial charge in [-0.2, -0.15) is 13.2 Å². The van der Waals surface area contributed by atoms with E-state index >= 15 is 0 Å². The molecule has 2 N–H and O–H groups in total. The van der Waals surface area contributed by atoms with Crippen LogP contribution in [0.2, 0.25) is 0 Å². The quantitative estimate of drug-likeness (QED) is 0.909. The zero-order chi connectivity index (χ0) is 15.6. The Hall–Kier alpha value is -2.34. The number of hydrogen-bond donors (Lipinski definition) is 2. The van der Waals surface area contributed by atoms with E-state index in [0.29, 0.717) is 11.1 Å². The summed E-state index contributed by atoms with van der Waals surface area (Å²) in [6.07, 6.45) is -7.22. The fourth-order valence-corrected chi connectivity index (χ4v) is 1.85. The Morgan fingerprint density at radius 1 is 0.905 bits per heavy atom. The summed E-state index contributed by atoms with van der Waals surface area (Å²) in [7, 11) is 0. The second-order valence-corrected chi connectivity index (χ2v) is 4.45. The van der Waals surface area contributed by atoms with Gasteiger partial charge in [-0.1, -0.05) is 36.4 Å². The van der Waals surface area contributed by atoms with Crippen LogP contribution in [-0.2, 0) is 0 Å². The zero-order valence-electron chi connectivity index (χ0n) is 10.6. The van der Waals surface area contributed by atoms with E-state index in [1.54, 1.807) is 12.1 Å². The van der Waals surface area contributed by atoms with Gasteiger partial charge in [0.1, 0.15) is 0 Å². The van der Waals surface area contributed by atoms with Crippen LogP contribution in [0.5, 0.6) is 0 Å². The van der Waals surface area contributed by atoms with Crippen molar-refractivity contribution in [1.29, 1.82) is 0 Å². The van der Waals surface area contributed by atoms with E-state index in [1.807, 2.05) is 0 Å². The molecular weight excluding hydrogens is 285 g/mol. The number of rotatable bonds is 3. The molecule has 2 aromatic carbocycles. The molecule has 0 radical (unpaired) electrons. The first-order valence-corrected chi connectivity index (χ1v) is 5.97. The number of aromatic carboxylic acids is 1. The van der Waals surface area contributed by atoms with Crippen molar-refractivity contribution in [1.82, 2.24) is 0 Å². The summed E-state index contributed by atoms with van der Waals surface area (Å²) in [5.41, 5.74) is 1.19. The third-order valence-electron chi connectivity index (χ3n) is 3.00. The molecule has 0 bridgehead atoms. The van der Waals surface area contributed by atoms with Gasteiger partial charge in [-0.3, -0.25) is 0 Å². The normalized spacial score (nSPS) is 13.0. The first-order chi connectivity index (χ1) is 9.79. The maximum Gasteiger partial charge on any atom is 0.418 e. The molecule has 0 amide bonds. The first-order valence-electron chi connectivity index (χ1n) is 5.97. The molecule has 3 nitrogen and oxygen atoms in total. The van der Waals surface area contributed by atoms with Gasteiger partial charge in [0.05, 0.1) is 5.56 Å². The summed E-state index contributed by atoms with van der Waals surface area (Å²) in [5, 5.41) is 17.9. The highest BCUT2D eigenvalue weighted by molar-refractivity contribution is 5.88. The minimum absolute atomic E-state index is 0.128. The molecule has 0 saturated heterocycles. The molecule has 0 spiro atoms. The minimum atomic E-state index is -4.70. The SMILES string of the molecule is O=C(O)c1ccc(-c2ccc([C@@H](O)C(F)(F)F)cc2)cc1. The molecule has 2 aromatic rings. The Balaban J connectivity index is 2.24. The lowest BCUT2D eigenvalue weighted by Crippen LogP contribution is -2.19. The number of aliphatic hydroxyl groups is 1. The van der Waals surface area contributed by atoms with Crippen LogP contribution in [0, 0.1) is 0 Å². The van der Waals surface area contributed by atoms with Crippen molar-refractivity contribution in [2.45, 2.75) is 12.3 Å². The summed E-state index contributed by atoms with van der Waals surface area (Å²) in [6.45, 7) is 0. The van der Waals surface area contributed by atoms with Crippen LogP contribution in [0.15, 0.2) is 48.5 Å². The summed E-state index contributed by atoms with van der Waals surface area (Å²) in [6, 6.07) is 11.2. The summed E-state index contributed by atoms with van der Waals surface area (Å²) in [5.74, 6) is -1.05. The maximum absolute atomic E-state index is 12.4. The lowest BCUT2D eigenvalue weighted by Gasteiger charge is -2.15. The van der Waals surface area contributed by atoms with Gasteiger partial charge in [-0.15, -0.1) is 0 Å². The fourth-order valence-electron chi connectivity index (χ4n) is 1.85. The highest BCUT2D eigenvalue weighted by Crippen LogP contribution is 2.33. The van der Waals surface area contributed by atoms with Gasteiger partial charge in [0.15, 0.2) is 6.10 Å². The Bertz CT molecular complexity index is 631. The van der Waals surface area contributed by atoms with E-state index in [-0.39, 0.29) is 11.1 Å². The molecule has 2 rings (SSSR count). The molecule has 0 aliphatic carbocycles. The largest absolute Gasteiger partial charge is 0.478 e. The second kappa shape index (κ2) is 5.57. The minimum Gasteiger partial charge on any atom is -0.478 e. The number of carboxylic acid groups (broad SMARTS) is 1. The molecule has 0 saturated carbocycles. The second-order valence-electron chi connectivity index (χ2n) is 4.45. The summed E-state index contributed by atoms with van der Waals surface area (Å²) >= 11 is 0.